The SMILES string of the molecule is Cc1c(Br)cccc1NS(=O)(=O)c1ccc(F)cc1. The Labute approximate surface area is 119 Å². The van der Waals surface area contributed by atoms with E-state index in [-0.39, 0.29) is 4.90 Å². The molecule has 0 bridgehead atoms. The van der Waals surface area contributed by atoms with Crippen LogP contribution in [0.5, 0.6) is 0 Å². The van der Waals surface area contributed by atoms with Gasteiger partial charge in [-0.2, -0.15) is 0 Å². The first-order chi connectivity index (χ1) is 8.90. The second-order valence-electron chi connectivity index (χ2n) is 3.97. The van der Waals surface area contributed by atoms with Gasteiger partial charge in [0.1, 0.15) is 5.82 Å². The van der Waals surface area contributed by atoms with Crippen LogP contribution in [-0.2, 0) is 10.0 Å². The van der Waals surface area contributed by atoms with Crippen LogP contribution in [0.4, 0.5) is 10.1 Å². The van der Waals surface area contributed by atoms with E-state index in [4.69, 9.17) is 0 Å². The zero-order valence-electron chi connectivity index (χ0n) is 10.0. The molecule has 1 N–H and O–H groups in total. The maximum Gasteiger partial charge on any atom is 0.261 e. The van der Waals surface area contributed by atoms with Crippen molar-refractivity contribution < 1.29 is 12.8 Å². The van der Waals surface area contributed by atoms with Gasteiger partial charge in [0.15, 0.2) is 0 Å². The number of hydrogen-bond donors (Lipinski definition) is 1. The van der Waals surface area contributed by atoms with Crippen molar-refractivity contribution in [2.75, 3.05) is 4.72 Å². The van der Waals surface area contributed by atoms with Crippen molar-refractivity contribution >= 4 is 31.6 Å². The van der Waals surface area contributed by atoms with E-state index in [1.807, 2.05) is 6.07 Å². The van der Waals surface area contributed by atoms with Crippen LogP contribution in [0.1, 0.15) is 5.56 Å². The van der Waals surface area contributed by atoms with Crippen molar-refractivity contribution in [3.05, 3.63) is 58.3 Å². The lowest BCUT2D eigenvalue weighted by molar-refractivity contribution is 0.599. The largest absolute Gasteiger partial charge is 0.279 e. The van der Waals surface area contributed by atoms with Gasteiger partial charge in [-0.1, -0.05) is 22.0 Å². The Hall–Kier alpha value is -1.40. The molecule has 6 heteroatoms. The van der Waals surface area contributed by atoms with Gasteiger partial charge in [0.2, 0.25) is 0 Å². The molecule has 0 aliphatic carbocycles. The summed E-state index contributed by atoms with van der Waals surface area (Å²) in [6.07, 6.45) is 0. The molecule has 100 valence electrons. The topological polar surface area (TPSA) is 46.2 Å². The molecule has 0 heterocycles. The van der Waals surface area contributed by atoms with Gasteiger partial charge in [-0.25, -0.2) is 12.8 Å². The van der Waals surface area contributed by atoms with Gasteiger partial charge in [-0.3, -0.25) is 4.72 Å². The Morgan fingerprint density at radius 2 is 1.74 bits per heavy atom. The number of nitrogens with one attached hydrogen (secondary N) is 1. The average Bonchev–Trinajstić information content (AvgIpc) is 2.35. The van der Waals surface area contributed by atoms with E-state index in [2.05, 4.69) is 20.7 Å². The van der Waals surface area contributed by atoms with Gasteiger partial charge < -0.3 is 0 Å². The van der Waals surface area contributed by atoms with E-state index in [0.717, 1.165) is 22.2 Å². The summed E-state index contributed by atoms with van der Waals surface area (Å²) in [5.41, 5.74) is 1.27. The maximum absolute atomic E-state index is 12.8. The summed E-state index contributed by atoms with van der Waals surface area (Å²) in [7, 11) is -3.71. The minimum Gasteiger partial charge on any atom is -0.279 e. The van der Waals surface area contributed by atoms with Gasteiger partial charge in [0.25, 0.3) is 10.0 Å². The van der Waals surface area contributed by atoms with Gasteiger partial charge in [0.05, 0.1) is 10.6 Å². The summed E-state index contributed by atoms with van der Waals surface area (Å²) in [6.45, 7) is 1.80. The van der Waals surface area contributed by atoms with Crippen LogP contribution in [0, 0.1) is 12.7 Å². The number of benzene rings is 2. The van der Waals surface area contributed by atoms with E-state index < -0.39 is 15.8 Å². The molecule has 0 spiro atoms. The molecule has 19 heavy (non-hydrogen) atoms. The minimum atomic E-state index is -3.71. The molecule has 0 aromatic heterocycles. The maximum atomic E-state index is 12.8. The first-order valence-electron chi connectivity index (χ1n) is 5.43. The van der Waals surface area contributed by atoms with Crippen LogP contribution < -0.4 is 4.72 Å². The Balaban J connectivity index is 2.36. The first kappa shape index (κ1) is 14.0. The van der Waals surface area contributed by atoms with E-state index >= 15 is 0 Å². The monoisotopic (exact) mass is 343 g/mol. The number of hydrogen-bond acceptors (Lipinski definition) is 2. The molecule has 2 rings (SSSR count). The fraction of sp³-hybridized carbons (Fsp3) is 0.0769. The summed E-state index contributed by atoms with van der Waals surface area (Å²) >= 11 is 3.33. The molecule has 2 aromatic carbocycles. The van der Waals surface area contributed by atoms with Crippen LogP contribution >= 0.6 is 15.9 Å². The number of rotatable bonds is 3. The van der Waals surface area contributed by atoms with E-state index in [0.29, 0.717) is 5.69 Å². The van der Waals surface area contributed by atoms with Crippen molar-refractivity contribution in [3.8, 4) is 0 Å². The highest BCUT2D eigenvalue weighted by atomic mass is 79.9. The zero-order chi connectivity index (χ0) is 14.0. The van der Waals surface area contributed by atoms with Crippen LogP contribution in [0.2, 0.25) is 0 Å². The number of sulfonamides is 1. The van der Waals surface area contributed by atoms with Gasteiger partial charge in [-0.15, -0.1) is 0 Å². The number of anilines is 1. The lowest BCUT2D eigenvalue weighted by Crippen LogP contribution is -2.13. The third-order valence-corrected chi connectivity index (χ3v) is 4.88. The van der Waals surface area contributed by atoms with Crippen LogP contribution in [0.25, 0.3) is 0 Å². The lowest BCUT2D eigenvalue weighted by Gasteiger charge is -2.11. The molecule has 0 amide bonds. The van der Waals surface area contributed by atoms with Crippen LogP contribution in [0.15, 0.2) is 51.8 Å². The standard InChI is InChI=1S/C13H11BrFNO2S/c1-9-12(14)3-2-4-13(9)16-19(17,18)11-7-5-10(15)6-8-11/h2-8,16H,1H3. The second kappa shape index (κ2) is 5.30. The third-order valence-electron chi connectivity index (χ3n) is 2.64. The fourth-order valence-corrected chi connectivity index (χ4v) is 3.02. The zero-order valence-corrected chi connectivity index (χ0v) is 12.4. The molecule has 0 saturated heterocycles. The van der Waals surface area contributed by atoms with Crippen LogP contribution in [0.3, 0.4) is 0 Å². The van der Waals surface area contributed by atoms with Crippen molar-refractivity contribution in [1.29, 1.82) is 0 Å². The molecule has 0 aliphatic rings. The Kier molecular flexibility index (Phi) is 3.91. The van der Waals surface area contributed by atoms with E-state index in [1.165, 1.54) is 12.1 Å². The molecule has 0 unspecified atom stereocenters. The Bertz CT molecular complexity index is 699. The van der Waals surface area contributed by atoms with Gasteiger partial charge >= 0.3 is 0 Å². The van der Waals surface area contributed by atoms with Gasteiger partial charge in [-0.05, 0) is 48.9 Å². The normalized spacial score (nSPS) is 11.3. The molecule has 0 aliphatic heterocycles. The van der Waals surface area contributed by atoms with Crippen LogP contribution in [-0.4, -0.2) is 8.42 Å². The highest BCUT2D eigenvalue weighted by Gasteiger charge is 2.15. The molecule has 0 saturated carbocycles. The van der Waals surface area contributed by atoms with Crippen molar-refractivity contribution in [3.63, 3.8) is 0 Å². The highest BCUT2D eigenvalue weighted by Crippen LogP contribution is 2.25. The van der Waals surface area contributed by atoms with E-state index in [1.54, 1.807) is 19.1 Å². The summed E-state index contributed by atoms with van der Waals surface area (Å²) in [5, 5.41) is 0. The number of halogens is 2. The van der Waals surface area contributed by atoms with Crippen molar-refractivity contribution in [1.82, 2.24) is 0 Å². The molecule has 2 aromatic rings. The van der Waals surface area contributed by atoms with Crippen molar-refractivity contribution in [2.24, 2.45) is 0 Å². The third kappa shape index (κ3) is 3.13. The van der Waals surface area contributed by atoms with E-state index in [9.17, 15) is 12.8 Å². The molecule has 0 radical (unpaired) electrons. The van der Waals surface area contributed by atoms with Gasteiger partial charge in [0, 0.05) is 4.47 Å². The molecule has 0 fully saturated rings. The average molecular weight is 344 g/mol. The summed E-state index contributed by atoms with van der Waals surface area (Å²) in [6, 6.07) is 9.91. The molecular formula is C13H11BrFNO2S. The van der Waals surface area contributed by atoms with Crippen molar-refractivity contribution in [2.45, 2.75) is 11.8 Å². The smallest absolute Gasteiger partial charge is 0.261 e. The highest BCUT2D eigenvalue weighted by molar-refractivity contribution is 9.10. The quantitative estimate of drug-likeness (QED) is 0.923. The predicted octanol–water partition coefficient (Wildman–Crippen LogP) is 3.70. The minimum absolute atomic E-state index is 0.0216. The summed E-state index contributed by atoms with van der Waals surface area (Å²) < 4.78 is 40.3. The summed E-state index contributed by atoms with van der Waals surface area (Å²) in [5.74, 6) is -0.474. The first-order valence-corrected chi connectivity index (χ1v) is 7.71. The molecule has 0 atom stereocenters. The second-order valence-corrected chi connectivity index (χ2v) is 6.51. The fourth-order valence-electron chi connectivity index (χ4n) is 1.54. The summed E-state index contributed by atoms with van der Waals surface area (Å²) in [4.78, 5) is 0.0216. The Morgan fingerprint density at radius 3 is 2.37 bits per heavy atom. The predicted molar refractivity (Wildman–Crippen MR) is 76.1 cm³/mol. The molecule has 3 nitrogen and oxygen atoms in total. The lowest BCUT2D eigenvalue weighted by atomic mass is 10.2. The molecular weight excluding hydrogens is 333 g/mol. The Morgan fingerprint density at radius 1 is 1.11 bits per heavy atom.